The lowest BCUT2D eigenvalue weighted by Gasteiger charge is -2.31. The highest BCUT2D eigenvalue weighted by Gasteiger charge is 2.37. The van der Waals surface area contributed by atoms with Crippen molar-refractivity contribution in [2.45, 2.75) is 71.2 Å². The number of hydrogen-bond acceptors (Lipinski definition) is 7. The Morgan fingerprint density at radius 1 is 0.955 bits per heavy atom. The molecule has 1 aromatic heterocycles. The summed E-state index contributed by atoms with van der Waals surface area (Å²) in [6.07, 6.45) is 0.324. The van der Waals surface area contributed by atoms with E-state index in [0.717, 1.165) is 33.5 Å². The Morgan fingerprint density at radius 3 is 2.32 bits per heavy atom. The van der Waals surface area contributed by atoms with E-state index in [-0.39, 0.29) is 5.91 Å². The first-order chi connectivity index (χ1) is 20.9. The Morgan fingerprint density at radius 2 is 1.64 bits per heavy atom. The fourth-order valence-electron chi connectivity index (χ4n) is 5.15. The number of alkyl carbamates (subject to hydrolysis) is 1. The van der Waals surface area contributed by atoms with Gasteiger partial charge in [0.2, 0.25) is 11.8 Å². The second kappa shape index (κ2) is 12.3. The number of para-hydroxylation sites is 1. The zero-order valence-electron chi connectivity index (χ0n) is 25.5. The van der Waals surface area contributed by atoms with Crippen LogP contribution in [0.3, 0.4) is 0 Å². The molecular weight excluding hydrogens is 558 g/mol. The van der Waals surface area contributed by atoms with Crippen LogP contribution in [0.1, 0.15) is 52.2 Å². The molecule has 0 aliphatic carbocycles. The van der Waals surface area contributed by atoms with Gasteiger partial charge in [0.05, 0.1) is 6.54 Å². The monoisotopic (exact) mass is 595 g/mol. The summed E-state index contributed by atoms with van der Waals surface area (Å²) < 4.78 is 5.33. The van der Waals surface area contributed by atoms with Gasteiger partial charge in [-0.3, -0.25) is 9.59 Å². The van der Waals surface area contributed by atoms with Crippen LogP contribution in [-0.2, 0) is 27.3 Å². The van der Waals surface area contributed by atoms with Gasteiger partial charge in [-0.15, -0.1) is 5.10 Å². The van der Waals surface area contributed by atoms with Crippen LogP contribution in [0.4, 0.5) is 10.5 Å². The van der Waals surface area contributed by atoms with Gasteiger partial charge in [-0.1, -0.05) is 66.7 Å². The third kappa shape index (κ3) is 6.94. The summed E-state index contributed by atoms with van der Waals surface area (Å²) in [6, 6.07) is 22.9. The summed E-state index contributed by atoms with van der Waals surface area (Å²) in [7, 11) is 0. The molecule has 3 amide bonds. The molecule has 11 nitrogen and oxygen atoms in total. The van der Waals surface area contributed by atoms with E-state index in [0.29, 0.717) is 25.2 Å². The Kier molecular flexibility index (Phi) is 8.48. The van der Waals surface area contributed by atoms with Gasteiger partial charge in [-0.25, -0.2) is 9.89 Å². The van der Waals surface area contributed by atoms with Gasteiger partial charge < -0.3 is 20.3 Å². The number of fused-ring (bicyclic) bond motifs is 1. The number of carbonyl (C=O) groups excluding carboxylic acids is 3. The third-order valence-electron chi connectivity index (χ3n) is 7.37. The van der Waals surface area contributed by atoms with Gasteiger partial charge in [0.1, 0.15) is 17.2 Å². The highest BCUT2D eigenvalue weighted by molar-refractivity contribution is 6.01. The number of tetrazole rings is 1. The van der Waals surface area contributed by atoms with E-state index in [4.69, 9.17) is 4.74 Å². The van der Waals surface area contributed by atoms with E-state index in [1.807, 2.05) is 72.8 Å². The summed E-state index contributed by atoms with van der Waals surface area (Å²) in [5.74, 6) is -0.116. The number of hydrogen-bond donors (Lipinski definition) is 3. The highest BCUT2D eigenvalue weighted by Crippen LogP contribution is 2.32. The molecule has 1 aliphatic rings. The van der Waals surface area contributed by atoms with Crippen molar-refractivity contribution >= 4 is 23.6 Å². The Labute approximate surface area is 256 Å². The van der Waals surface area contributed by atoms with E-state index >= 15 is 0 Å². The zero-order chi connectivity index (χ0) is 31.5. The van der Waals surface area contributed by atoms with E-state index < -0.39 is 29.2 Å². The summed E-state index contributed by atoms with van der Waals surface area (Å²) in [5.41, 5.74) is 3.57. The Balaban J connectivity index is 1.36. The fourth-order valence-corrected chi connectivity index (χ4v) is 5.15. The first-order valence-corrected chi connectivity index (χ1v) is 14.6. The maximum atomic E-state index is 14.0. The van der Waals surface area contributed by atoms with Crippen LogP contribution >= 0.6 is 0 Å². The molecule has 3 aromatic carbocycles. The van der Waals surface area contributed by atoms with Crippen molar-refractivity contribution in [1.82, 2.24) is 31.3 Å². The minimum atomic E-state index is -1.31. The molecule has 44 heavy (non-hydrogen) atoms. The molecule has 0 bridgehead atoms. The van der Waals surface area contributed by atoms with Crippen molar-refractivity contribution in [1.29, 1.82) is 0 Å². The molecule has 0 saturated carbocycles. The highest BCUT2D eigenvalue weighted by atomic mass is 16.6. The van der Waals surface area contributed by atoms with E-state index in [1.165, 1.54) is 0 Å². The molecule has 0 radical (unpaired) electrons. The molecule has 4 aromatic rings. The average molecular weight is 596 g/mol. The van der Waals surface area contributed by atoms with Gasteiger partial charge in [0.25, 0.3) is 0 Å². The number of ether oxygens (including phenoxy) is 1. The minimum Gasteiger partial charge on any atom is -0.444 e. The van der Waals surface area contributed by atoms with Crippen molar-refractivity contribution in [3.63, 3.8) is 0 Å². The number of rotatable bonds is 7. The lowest BCUT2D eigenvalue weighted by molar-refractivity contribution is -0.131. The molecule has 11 heteroatoms. The maximum Gasteiger partial charge on any atom is 0.408 e. The summed E-state index contributed by atoms with van der Waals surface area (Å²) in [6.45, 7) is 8.73. The molecule has 0 fully saturated rings. The van der Waals surface area contributed by atoms with Gasteiger partial charge in [0.15, 0.2) is 5.82 Å². The van der Waals surface area contributed by atoms with Crippen molar-refractivity contribution in [3.05, 3.63) is 83.9 Å². The van der Waals surface area contributed by atoms with Crippen LogP contribution < -0.4 is 15.5 Å². The Bertz CT molecular complexity index is 1640. The van der Waals surface area contributed by atoms with Crippen LogP contribution in [0.5, 0.6) is 0 Å². The number of benzene rings is 3. The molecule has 0 spiro atoms. The maximum absolute atomic E-state index is 14.0. The summed E-state index contributed by atoms with van der Waals surface area (Å²) in [4.78, 5) is 41.5. The molecule has 1 atom stereocenters. The van der Waals surface area contributed by atoms with Crippen LogP contribution in [0, 0.1) is 0 Å². The lowest BCUT2D eigenvalue weighted by Crippen LogP contribution is -2.59. The first-order valence-electron chi connectivity index (χ1n) is 14.6. The number of aromatic amines is 1. The number of carbonyl (C=O) groups is 3. The number of H-pyrrole nitrogens is 1. The van der Waals surface area contributed by atoms with E-state index in [1.54, 1.807) is 39.5 Å². The van der Waals surface area contributed by atoms with Crippen molar-refractivity contribution in [2.75, 3.05) is 4.90 Å². The molecule has 5 rings (SSSR count). The molecular formula is C33H37N7O4. The normalized spacial score (nSPS) is 15.2. The van der Waals surface area contributed by atoms with Crippen molar-refractivity contribution in [2.24, 2.45) is 0 Å². The summed E-state index contributed by atoms with van der Waals surface area (Å²) >= 11 is 0. The number of aryl methyl sites for hydroxylation is 1. The van der Waals surface area contributed by atoms with Crippen molar-refractivity contribution in [3.8, 4) is 22.5 Å². The molecule has 228 valence electrons. The van der Waals surface area contributed by atoms with Gasteiger partial charge in [-0.05, 0) is 86.2 Å². The number of anilines is 1. The van der Waals surface area contributed by atoms with Gasteiger partial charge in [-0.2, -0.15) is 0 Å². The SMILES string of the molecule is CC(C)(C)OC(=O)NC(C)(C)C(=O)NC1CCc2ccccc2N(Cc2ccc(-c3ccccc3-c3nnn[nH]3)cc2)C1=O. The summed E-state index contributed by atoms with van der Waals surface area (Å²) in [5, 5.41) is 19.8. The second-order valence-corrected chi connectivity index (χ2v) is 12.4. The number of amides is 3. The molecule has 1 aliphatic heterocycles. The predicted octanol–water partition coefficient (Wildman–Crippen LogP) is 4.80. The zero-order valence-corrected chi connectivity index (χ0v) is 25.5. The lowest BCUT2D eigenvalue weighted by atomic mass is 9.98. The topological polar surface area (TPSA) is 142 Å². The quantitative estimate of drug-likeness (QED) is 0.279. The van der Waals surface area contributed by atoms with Crippen molar-refractivity contribution < 1.29 is 19.1 Å². The fraction of sp³-hybridized carbons (Fsp3) is 0.333. The van der Waals surface area contributed by atoms with Crippen LogP contribution in [0.15, 0.2) is 72.8 Å². The largest absolute Gasteiger partial charge is 0.444 e. The van der Waals surface area contributed by atoms with E-state index in [9.17, 15) is 14.4 Å². The third-order valence-corrected chi connectivity index (χ3v) is 7.37. The van der Waals surface area contributed by atoms with Crippen LogP contribution in [-0.4, -0.2) is 55.7 Å². The van der Waals surface area contributed by atoms with Gasteiger partial charge in [0, 0.05) is 11.3 Å². The number of aromatic nitrogens is 4. The minimum absolute atomic E-state index is 0.219. The number of nitrogens with zero attached hydrogens (tertiary/aromatic N) is 4. The number of nitrogens with one attached hydrogen (secondary N) is 3. The van der Waals surface area contributed by atoms with E-state index in [2.05, 4.69) is 31.3 Å². The Hall–Kier alpha value is -5.06. The average Bonchev–Trinajstić information content (AvgIpc) is 3.48. The molecule has 3 N–H and O–H groups in total. The molecule has 1 unspecified atom stereocenters. The molecule has 2 heterocycles. The smallest absolute Gasteiger partial charge is 0.408 e. The predicted molar refractivity (Wildman–Crippen MR) is 166 cm³/mol. The van der Waals surface area contributed by atoms with Crippen LogP contribution in [0.2, 0.25) is 0 Å². The first kappa shape index (κ1) is 30.4. The molecule has 0 saturated heterocycles. The van der Waals surface area contributed by atoms with Crippen LogP contribution in [0.25, 0.3) is 22.5 Å². The van der Waals surface area contributed by atoms with Gasteiger partial charge >= 0.3 is 6.09 Å². The second-order valence-electron chi connectivity index (χ2n) is 12.4. The standard InChI is InChI=1S/C33H37N7O4/c1-32(2,3)44-31(43)35-33(4,5)30(42)34-26-19-18-23-10-6-9-13-27(23)40(29(26)41)20-21-14-16-22(17-15-21)24-11-7-8-12-25(24)28-36-38-39-37-28/h6-17,26H,18-20H2,1-5H3,(H,34,42)(H,35,43)(H,36,37,38,39).